The molecule has 1 aromatic carbocycles. The molecular weight excluding hydrogens is 590 g/mol. The Bertz CT molecular complexity index is 1330. The molecule has 45 heavy (non-hydrogen) atoms. The number of aliphatic imine (C=N–C) groups is 1. The Kier molecular flexibility index (Phi) is 15.9. The number of carbonyl (C=O) groups is 2. The average Bonchev–Trinajstić information content (AvgIpc) is 3.03. The first-order valence-electron chi connectivity index (χ1n) is 15.3. The molecule has 11 heteroatoms. The van der Waals surface area contributed by atoms with Crippen LogP contribution in [0.3, 0.4) is 0 Å². The highest BCUT2D eigenvalue weighted by molar-refractivity contribution is 7.98. The summed E-state index contributed by atoms with van der Waals surface area (Å²) < 4.78 is 15.6. The number of anilines is 2. The van der Waals surface area contributed by atoms with Gasteiger partial charge >= 0.3 is 0 Å². The third kappa shape index (κ3) is 11.4. The average molecular weight is 642 g/mol. The van der Waals surface area contributed by atoms with Gasteiger partial charge in [-0.05, 0) is 55.6 Å². The van der Waals surface area contributed by atoms with Gasteiger partial charge in [-0.25, -0.2) is 4.98 Å². The Balaban J connectivity index is 0.000000498. The van der Waals surface area contributed by atoms with Crippen molar-refractivity contribution in [3.63, 3.8) is 0 Å². The molecule has 0 bridgehead atoms. The molecule has 10 nitrogen and oxygen atoms in total. The van der Waals surface area contributed by atoms with Crippen molar-refractivity contribution in [2.24, 2.45) is 22.7 Å². The second kappa shape index (κ2) is 19.1. The zero-order chi connectivity index (χ0) is 33.5. The third-order valence-electron chi connectivity index (χ3n) is 7.82. The Hall–Kier alpha value is -3.57. The first kappa shape index (κ1) is 37.6. The van der Waals surface area contributed by atoms with E-state index in [1.54, 1.807) is 25.3 Å². The maximum Gasteiger partial charge on any atom is 0.261 e. The molecule has 2 amide bonds. The van der Waals surface area contributed by atoms with E-state index in [1.807, 2.05) is 13.2 Å². The number of amides is 2. The van der Waals surface area contributed by atoms with Gasteiger partial charge in [-0.3, -0.25) is 14.6 Å². The molecule has 0 saturated heterocycles. The minimum Gasteiger partial charge on any atom is -0.502 e. The van der Waals surface area contributed by atoms with E-state index in [9.17, 15) is 9.59 Å². The Morgan fingerprint density at radius 3 is 2.49 bits per heavy atom. The van der Waals surface area contributed by atoms with Crippen LogP contribution in [0.4, 0.5) is 17.1 Å². The van der Waals surface area contributed by atoms with Gasteiger partial charge in [0.05, 0.1) is 60.4 Å². The largest absolute Gasteiger partial charge is 0.502 e. The predicted molar refractivity (Wildman–Crippen MR) is 186 cm³/mol. The number of hydrogen-bond donors (Lipinski definition) is 3. The molecule has 3 unspecified atom stereocenters. The number of fused-ring (bicyclic) bond motifs is 1. The number of nitrogens with one attached hydrogen (secondary N) is 3. The van der Waals surface area contributed by atoms with Crippen LogP contribution >= 0.6 is 11.8 Å². The molecule has 2 aromatic rings. The maximum absolute atomic E-state index is 13.3. The van der Waals surface area contributed by atoms with E-state index < -0.39 is 5.91 Å². The molecule has 3 N–H and O–H groups in total. The number of thioether (sulfide) groups is 1. The van der Waals surface area contributed by atoms with Gasteiger partial charge in [0, 0.05) is 32.4 Å². The van der Waals surface area contributed by atoms with Gasteiger partial charge in [0.1, 0.15) is 11.3 Å². The van der Waals surface area contributed by atoms with E-state index in [0.717, 1.165) is 24.2 Å². The summed E-state index contributed by atoms with van der Waals surface area (Å²) in [6.07, 6.45) is 6.40. The topological polar surface area (TPSA) is 123 Å². The van der Waals surface area contributed by atoms with Crippen LogP contribution in [0.25, 0.3) is 0 Å². The van der Waals surface area contributed by atoms with Crippen LogP contribution in [-0.4, -0.2) is 69.8 Å². The lowest BCUT2D eigenvalue weighted by Crippen LogP contribution is -2.27. The normalized spacial score (nSPS) is 13.8. The molecule has 0 saturated carbocycles. The smallest absolute Gasteiger partial charge is 0.261 e. The molecule has 3 atom stereocenters. The number of benzene rings is 1. The molecule has 2 heterocycles. The molecular formula is C34H51N5O5S. The first-order valence-corrected chi connectivity index (χ1v) is 16.5. The molecule has 1 aliphatic rings. The van der Waals surface area contributed by atoms with Gasteiger partial charge in [0.15, 0.2) is 0 Å². The standard InChI is InChI=1S/C23H27N5O4S.C11H24O/c1-13-11-26-21-16(27-13)6-7-18(32-4)20(21)23(30)28-17-12-25-19(33-5)10-15(17)22(29)24-9-8-14(2)31-3;1-6-10(3)11(4)7-9(2)8-12-5/h6-7,10,12,26H,2,8-9,11H2,1,3-5H3,(H,24,29)(H,28,30);9-11H,6-8H2,1-5H3. The highest BCUT2D eigenvalue weighted by atomic mass is 32.2. The summed E-state index contributed by atoms with van der Waals surface area (Å²) in [5.74, 6) is 2.57. The lowest BCUT2D eigenvalue weighted by Gasteiger charge is -2.21. The second-order valence-electron chi connectivity index (χ2n) is 11.4. The van der Waals surface area contributed by atoms with Crippen LogP contribution < -0.4 is 20.7 Å². The van der Waals surface area contributed by atoms with Gasteiger partial charge in [-0.2, -0.15) is 0 Å². The molecule has 0 fully saturated rings. The molecule has 0 aliphatic carbocycles. The fraction of sp³-hybridized carbons (Fsp3) is 0.529. The summed E-state index contributed by atoms with van der Waals surface area (Å²) in [6, 6.07) is 5.13. The predicted octanol–water partition coefficient (Wildman–Crippen LogP) is 7.20. The van der Waals surface area contributed by atoms with E-state index >= 15 is 0 Å². The minimum absolute atomic E-state index is 0.288. The highest BCUT2D eigenvalue weighted by Crippen LogP contribution is 2.38. The molecule has 1 aliphatic heterocycles. The number of rotatable bonds is 15. The number of pyridine rings is 1. The van der Waals surface area contributed by atoms with Crippen molar-refractivity contribution in [1.82, 2.24) is 10.3 Å². The van der Waals surface area contributed by atoms with Crippen molar-refractivity contribution in [3.8, 4) is 5.75 Å². The zero-order valence-electron chi connectivity index (χ0n) is 28.3. The molecule has 0 radical (unpaired) electrons. The molecule has 0 spiro atoms. The quantitative estimate of drug-likeness (QED) is 0.138. The van der Waals surface area contributed by atoms with Gasteiger partial charge in [-0.15, -0.1) is 11.8 Å². The van der Waals surface area contributed by atoms with E-state index in [-0.39, 0.29) is 11.6 Å². The zero-order valence-corrected chi connectivity index (χ0v) is 29.2. The van der Waals surface area contributed by atoms with E-state index in [4.69, 9.17) is 14.2 Å². The fourth-order valence-electron chi connectivity index (χ4n) is 4.86. The second-order valence-corrected chi connectivity index (χ2v) is 12.2. The summed E-state index contributed by atoms with van der Waals surface area (Å²) in [6.45, 7) is 16.6. The van der Waals surface area contributed by atoms with Crippen LogP contribution in [0.1, 0.15) is 74.6 Å². The number of nitrogens with zero attached hydrogens (tertiary/aromatic N) is 2. The van der Waals surface area contributed by atoms with Crippen molar-refractivity contribution < 1.29 is 23.8 Å². The lowest BCUT2D eigenvalue weighted by molar-refractivity contribution is 0.0953. The SMILES string of the molecule is C=C(CCNC(=O)c1cc(SC)ncc1NC(=O)c1c(OC)ccc2c1NCC(C)=N2)OC.CCC(C)C(C)CC(C)COC. The van der Waals surface area contributed by atoms with Crippen molar-refractivity contribution >= 4 is 46.4 Å². The monoisotopic (exact) mass is 641 g/mol. The number of hydrogen-bond acceptors (Lipinski definition) is 9. The van der Waals surface area contributed by atoms with Crippen LogP contribution in [0.5, 0.6) is 5.75 Å². The Labute approximate surface area is 273 Å². The van der Waals surface area contributed by atoms with E-state index in [2.05, 4.69) is 60.2 Å². The number of methoxy groups -OCH3 is 3. The summed E-state index contributed by atoms with van der Waals surface area (Å²) in [7, 11) is 4.81. The van der Waals surface area contributed by atoms with Crippen molar-refractivity contribution in [2.45, 2.75) is 58.9 Å². The van der Waals surface area contributed by atoms with Crippen LogP contribution in [0.2, 0.25) is 0 Å². The van der Waals surface area contributed by atoms with Crippen molar-refractivity contribution in [1.29, 1.82) is 0 Å². The summed E-state index contributed by atoms with van der Waals surface area (Å²) >= 11 is 1.40. The van der Waals surface area contributed by atoms with Crippen LogP contribution in [-0.2, 0) is 9.47 Å². The van der Waals surface area contributed by atoms with Crippen molar-refractivity contribution in [3.05, 3.63) is 47.9 Å². The highest BCUT2D eigenvalue weighted by Gasteiger charge is 2.25. The van der Waals surface area contributed by atoms with E-state index in [0.29, 0.717) is 64.5 Å². The van der Waals surface area contributed by atoms with E-state index in [1.165, 1.54) is 45.0 Å². The number of carbonyl (C=O) groups excluding carboxylic acids is 2. The summed E-state index contributed by atoms with van der Waals surface area (Å²) in [5.41, 5.74) is 3.04. The van der Waals surface area contributed by atoms with Gasteiger partial charge in [0.2, 0.25) is 0 Å². The molecule has 248 valence electrons. The number of aromatic nitrogens is 1. The Morgan fingerprint density at radius 1 is 1.13 bits per heavy atom. The van der Waals surface area contributed by atoms with Gasteiger partial charge in [0.25, 0.3) is 11.8 Å². The first-order chi connectivity index (χ1) is 21.5. The minimum atomic E-state index is -0.438. The van der Waals surface area contributed by atoms with Crippen LogP contribution in [0.15, 0.2) is 46.8 Å². The van der Waals surface area contributed by atoms with Crippen molar-refractivity contribution in [2.75, 3.05) is 57.9 Å². The van der Waals surface area contributed by atoms with Gasteiger partial charge in [-0.1, -0.05) is 40.7 Å². The fourth-order valence-corrected chi connectivity index (χ4v) is 5.25. The third-order valence-corrected chi connectivity index (χ3v) is 8.47. The number of ether oxygens (including phenoxy) is 3. The maximum atomic E-state index is 13.3. The molecule has 3 rings (SSSR count). The Morgan fingerprint density at radius 2 is 1.87 bits per heavy atom. The summed E-state index contributed by atoms with van der Waals surface area (Å²) in [4.78, 5) is 35.1. The van der Waals surface area contributed by atoms with Crippen LogP contribution in [0, 0.1) is 17.8 Å². The lowest BCUT2D eigenvalue weighted by atomic mass is 9.86. The summed E-state index contributed by atoms with van der Waals surface area (Å²) in [5, 5.41) is 9.53. The van der Waals surface area contributed by atoms with Gasteiger partial charge < -0.3 is 30.2 Å². The molecule has 1 aromatic heterocycles.